The summed E-state index contributed by atoms with van der Waals surface area (Å²) in [6.45, 7) is 2.24. The minimum Gasteiger partial charge on any atom is -0.429 e. The molecule has 0 bridgehead atoms. The van der Waals surface area contributed by atoms with E-state index in [0.717, 1.165) is 42.7 Å². The Morgan fingerprint density at radius 2 is 1.33 bits per heavy atom. The van der Waals surface area contributed by atoms with Gasteiger partial charge in [0.05, 0.1) is 5.56 Å². The fraction of sp³-hybridized carbons (Fsp3) is 0.552. The molecule has 4 rings (SSSR count). The molecule has 2 aliphatic rings. The van der Waals surface area contributed by atoms with Gasteiger partial charge in [-0.15, -0.1) is 0 Å². The molecule has 0 N–H and O–H groups in total. The maximum Gasteiger partial charge on any atom is 0.426 e. The van der Waals surface area contributed by atoms with Gasteiger partial charge in [0.2, 0.25) is 0 Å². The van der Waals surface area contributed by atoms with Crippen molar-refractivity contribution in [3.05, 3.63) is 65.2 Å². The van der Waals surface area contributed by atoms with Crippen LogP contribution in [0.5, 0.6) is 5.75 Å². The molecule has 0 saturated heterocycles. The van der Waals surface area contributed by atoms with E-state index in [1.165, 1.54) is 37.8 Å². The van der Waals surface area contributed by atoms with E-state index in [0.29, 0.717) is 30.5 Å². The van der Waals surface area contributed by atoms with Crippen LogP contribution in [0.2, 0.25) is 0 Å². The van der Waals surface area contributed by atoms with Gasteiger partial charge in [0.15, 0.2) is 0 Å². The number of rotatable bonds is 7. The third-order valence-electron chi connectivity index (χ3n) is 7.40. The molecular weight excluding hydrogens is 418 g/mol. The Kier molecular flexibility index (Phi) is 8.67. The van der Waals surface area contributed by atoms with Crippen molar-refractivity contribution in [2.75, 3.05) is 0 Å². The first-order chi connectivity index (χ1) is 15.4. The summed E-state index contributed by atoms with van der Waals surface area (Å²) in [5.41, 5.74) is 2.14. The zero-order valence-corrected chi connectivity index (χ0v) is 19.0. The van der Waals surface area contributed by atoms with Crippen LogP contribution in [-0.4, -0.2) is 5.78 Å². The van der Waals surface area contributed by atoms with E-state index in [2.05, 4.69) is 6.92 Å². The number of alkyl halides is 2. The van der Waals surface area contributed by atoms with Gasteiger partial charge in [-0.1, -0.05) is 51.5 Å². The van der Waals surface area contributed by atoms with Crippen molar-refractivity contribution in [3.63, 3.8) is 0 Å². The van der Waals surface area contributed by atoms with Crippen molar-refractivity contribution in [2.24, 2.45) is 5.92 Å². The summed E-state index contributed by atoms with van der Waals surface area (Å²) in [6, 6.07) is 13.7. The fourth-order valence-electron chi connectivity index (χ4n) is 5.43. The third kappa shape index (κ3) is 6.43. The van der Waals surface area contributed by atoms with Crippen molar-refractivity contribution >= 4 is 5.78 Å². The van der Waals surface area contributed by atoms with Gasteiger partial charge in [-0.25, -0.2) is 0 Å². The lowest BCUT2D eigenvalue weighted by Crippen LogP contribution is -2.22. The number of carbonyl (C=O) groups excluding carboxylic acids is 1. The number of Topliss-reactive ketones (excluding diaryl/α,β-unsaturated/α-hetero) is 1. The lowest BCUT2D eigenvalue weighted by atomic mass is 9.77. The molecule has 2 aromatic carbocycles. The van der Waals surface area contributed by atoms with Gasteiger partial charge in [-0.3, -0.25) is 4.79 Å². The zero-order chi connectivity index (χ0) is 22.6. The van der Waals surface area contributed by atoms with Gasteiger partial charge in [0, 0.05) is 12.8 Å². The second-order valence-electron chi connectivity index (χ2n) is 9.63. The normalized spacial score (nSPS) is 22.0. The van der Waals surface area contributed by atoms with E-state index < -0.39 is 6.11 Å². The van der Waals surface area contributed by atoms with Crippen LogP contribution in [0.1, 0.15) is 107 Å². The van der Waals surface area contributed by atoms with Crippen LogP contribution in [0.25, 0.3) is 0 Å². The second kappa shape index (κ2) is 11.3. The molecule has 0 aromatic heterocycles. The average Bonchev–Trinajstić information content (AvgIpc) is 2.81. The first-order valence-corrected chi connectivity index (χ1v) is 12.2. The molecule has 0 amide bonds. The average molecular weight is 457 g/mol. The van der Waals surface area contributed by atoms with Gasteiger partial charge >= 0.3 is 6.11 Å². The highest BCUT2D eigenvalue weighted by Gasteiger charge is 2.35. The Hall–Kier alpha value is -2.23. The van der Waals surface area contributed by atoms with Crippen LogP contribution in [0.4, 0.5) is 8.78 Å². The number of halogens is 2. The number of carbonyl (C=O) groups is 1. The van der Waals surface area contributed by atoms with Gasteiger partial charge in [0.25, 0.3) is 0 Å². The van der Waals surface area contributed by atoms with Crippen LogP contribution in [0, 0.1) is 5.92 Å². The van der Waals surface area contributed by atoms with E-state index in [9.17, 15) is 13.6 Å². The fourth-order valence-corrected chi connectivity index (χ4v) is 5.43. The summed E-state index contributed by atoms with van der Waals surface area (Å²) in [7, 11) is 0. The first-order valence-electron chi connectivity index (χ1n) is 12.2. The molecule has 0 spiro atoms. The maximum absolute atomic E-state index is 14.8. The largest absolute Gasteiger partial charge is 0.429 e. The summed E-state index contributed by atoms with van der Waals surface area (Å²) in [5, 5.41) is 0. The van der Waals surface area contributed by atoms with Crippen molar-refractivity contribution in [2.45, 2.75) is 96.5 Å². The summed E-state index contributed by atoms with van der Waals surface area (Å²) in [4.78, 5) is 11.4. The van der Waals surface area contributed by atoms with Gasteiger partial charge < -0.3 is 4.74 Å². The highest BCUT2D eigenvalue weighted by molar-refractivity contribution is 5.79. The number of hydrogen-bond donors (Lipinski definition) is 0. The van der Waals surface area contributed by atoms with E-state index >= 15 is 0 Å². The minimum atomic E-state index is -3.38. The van der Waals surface area contributed by atoms with Gasteiger partial charge in [0.1, 0.15) is 11.5 Å². The quantitative estimate of drug-likeness (QED) is 0.416. The molecule has 0 heterocycles. The molecule has 0 unspecified atom stereocenters. The van der Waals surface area contributed by atoms with Crippen molar-refractivity contribution in [3.8, 4) is 5.75 Å². The predicted molar refractivity (Wildman–Crippen MR) is 130 cm³/mol. The van der Waals surface area contributed by atoms with Crippen molar-refractivity contribution < 1.29 is 18.3 Å². The van der Waals surface area contributed by atoms with Gasteiger partial charge in [-0.2, -0.15) is 8.78 Å². The highest BCUT2D eigenvalue weighted by Crippen LogP contribution is 2.39. The molecule has 0 atom stereocenters. The monoisotopic (exact) mass is 456 g/mol. The lowest BCUT2D eigenvalue weighted by Gasteiger charge is -2.29. The predicted octanol–water partition coefficient (Wildman–Crippen LogP) is 8.75. The van der Waals surface area contributed by atoms with Crippen LogP contribution in [0.15, 0.2) is 48.5 Å². The summed E-state index contributed by atoms with van der Waals surface area (Å²) >= 11 is 0. The third-order valence-corrected chi connectivity index (χ3v) is 7.40. The smallest absolute Gasteiger partial charge is 0.426 e. The Balaban J connectivity index is 0.00000306. The molecule has 2 nitrogen and oxygen atoms in total. The molecule has 4 heteroatoms. The van der Waals surface area contributed by atoms with E-state index in [1.54, 1.807) is 12.1 Å². The summed E-state index contributed by atoms with van der Waals surface area (Å²) < 4.78 is 34.7. The minimum absolute atomic E-state index is 0. The summed E-state index contributed by atoms with van der Waals surface area (Å²) in [5.74, 6) is 2.11. The highest BCUT2D eigenvalue weighted by atomic mass is 19.3. The second-order valence-corrected chi connectivity index (χ2v) is 9.63. The standard InChI is InChI=1S/C28H34F2O2.CH4/c1-2-3-20-4-6-21(7-5-20)22-8-14-25(15-9-22)28(29,30)32-27-18-12-24(13-19-27)23-10-16-26(31)17-11-23;/h8-9,12-15,18-21,23H,2-7,10-11,16-17H2,1H3;1H4. The molecule has 33 heavy (non-hydrogen) atoms. The van der Waals surface area contributed by atoms with E-state index in [-0.39, 0.29) is 18.7 Å². The molecule has 2 aromatic rings. The Bertz CT molecular complexity index is 871. The molecular formula is C29H38F2O2. The molecule has 2 fully saturated rings. The van der Waals surface area contributed by atoms with Crippen LogP contribution in [0.3, 0.4) is 0 Å². The van der Waals surface area contributed by atoms with E-state index in [4.69, 9.17) is 4.74 Å². The molecule has 180 valence electrons. The van der Waals surface area contributed by atoms with Crippen molar-refractivity contribution in [1.82, 2.24) is 0 Å². The van der Waals surface area contributed by atoms with Crippen LogP contribution < -0.4 is 4.74 Å². The zero-order valence-electron chi connectivity index (χ0n) is 19.0. The lowest BCUT2D eigenvalue weighted by molar-refractivity contribution is -0.185. The summed E-state index contributed by atoms with van der Waals surface area (Å²) in [6.07, 6.45) is 6.84. The van der Waals surface area contributed by atoms with Crippen LogP contribution in [-0.2, 0) is 10.9 Å². The number of ketones is 1. The Morgan fingerprint density at radius 3 is 1.88 bits per heavy atom. The number of benzene rings is 2. The SMILES string of the molecule is C.CCCC1CCC(c2ccc(C(F)(F)Oc3ccc(C4CCC(=O)CC4)cc3)cc2)CC1. The van der Waals surface area contributed by atoms with Crippen LogP contribution >= 0.6 is 0 Å². The van der Waals surface area contributed by atoms with E-state index in [1.807, 2.05) is 24.3 Å². The topological polar surface area (TPSA) is 26.3 Å². The number of ether oxygens (including phenoxy) is 1. The maximum atomic E-state index is 14.8. The number of hydrogen-bond acceptors (Lipinski definition) is 2. The first kappa shape index (κ1) is 25.4. The molecule has 0 aliphatic heterocycles. The Morgan fingerprint density at radius 1 is 0.818 bits per heavy atom. The van der Waals surface area contributed by atoms with Gasteiger partial charge in [-0.05, 0) is 91.7 Å². The molecule has 2 saturated carbocycles. The van der Waals surface area contributed by atoms with Crippen molar-refractivity contribution in [1.29, 1.82) is 0 Å². The molecule has 2 aliphatic carbocycles. The Labute approximate surface area is 197 Å². The molecule has 0 radical (unpaired) electrons.